The molecule has 0 saturated heterocycles. The summed E-state index contributed by atoms with van der Waals surface area (Å²) in [5, 5.41) is 0. The van der Waals surface area contributed by atoms with Crippen LogP contribution in [0.2, 0.25) is 0 Å². The minimum absolute atomic E-state index is 0.361. The van der Waals surface area contributed by atoms with E-state index < -0.39 is 0 Å². The van der Waals surface area contributed by atoms with E-state index in [1.165, 1.54) is 19.3 Å². The van der Waals surface area contributed by atoms with E-state index in [-0.39, 0.29) is 0 Å². The van der Waals surface area contributed by atoms with Gasteiger partial charge in [0.25, 0.3) is 0 Å². The number of thiol groups is 1. The van der Waals surface area contributed by atoms with E-state index in [1.807, 2.05) is 0 Å². The fourth-order valence-electron chi connectivity index (χ4n) is 1.51. The average Bonchev–Trinajstić information content (AvgIpc) is 1.82. The molecule has 2 atom stereocenters. The molecule has 0 heterocycles. The molecule has 0 spiro atoms. The van der Waals surface area contributed by atoms with Crippen molar-refractivity contribution < 1.29 is 0 Å². The third kappa shape index (κ3) is 1.41. The Bertz CT molecular complexity index is 86.4. The van der Waals surface area contributed by atoms with Crippen LogP contribution in [-0.2, 0) is 0 Å². The monoisotopic (exact) mass is 130 g/mol. The zero-order valence-electron chi connectivity index (χ0n) is 5.65. The van der Waals surface area contributed by atoms with Gasteiger partial charge in [-0.15, -0.1) is 0 Å². The maximum atomic E-state index is 4.51. The van der Waals surface area contributed by atoms with E-state index in [4.69, 9.17) is 0 Å². The van der Waals surface area contributed by atoms with Gasteiger partial charge in [-0.3, -0.25) is 0 Å². The van der Waals surface area contributed by atoms with Crippen LogP contribution in [0.1, 0.15) is 33.1 Å². The maximum absolute atomic E-state index is 4.51. The van der Waals surface area contributed by atoms with Crippen LogP contribution in [-0.4, -0.2) is 4.75 Å². The first-order valence-corrected chi connectivity index (χ1v) is 3.77. The van der Waals surface area contributed by atoms with Crippen LogP contribution in [0, 0.1) is 5.92 Å². The Kier molecular flexibility index (Phi) is 1.57. The lowest BCUT2D eigenvalue weighted by Crippen LogP contribution is -2.09. The summed E-state index contributed by atoms with van der Waals surface area (Å²) >= 11 is 4.51. The molecule has 2 unspecified atom stereocenters. The van der Waals surface area contributed by atoms with Crippen LogP contribution in [0.3, 0.4) is 0 Å². The molecular formula is C7H14S. The van der Waals surface area contributed by atoms with Gasteiger partial charge in [0.2, 0.25) is 0 Å². The molecule has 0 radical (unpaired) electrons. The fraction of sp³-hybridized carbons (Fsp3) is 1.00. The van der Waals surface area contributed by atoms with Gasteiger partial charge in [-0.25, -0.2) is 0 Å². The van der Waals surface area contributed by atoms with Gasteiger partial charge in [-0.1, -0.05) is 13.8 Å². The Labute approximate surface area is 57.1 Å². The van der Waals surface area contributed by atoms with Gasteiger partial charge in [0, 0.05) is 4.75 Å². The molecule has 0 aromatic rings. The summed E-state index contributed by atoms with van der Waals surface area (Å²) in [6, 6.07) is 0. The second kappa shape index (κ2) is 1.94. The van der Waals surface area contributed by atoms with Crippen molar-refractivity contribution in [3.05, 3.63) is 0 Å². The van der Waals surface area contributed by atoms with E-state index in [9.17, 15) is 0 Å². The number of hydrogen-bond acceptors (Lipinski definition) is 1. The topological polar surface area (TPSA) is 0 Å². The first-order valence-electron chi connectivity index (χ1n) is 3.32. The minimum Gasteiger partial charge on any atom is -0.173 e. The highest BCUT2D eigenvalue weighted by Gasteiger charge is 2.28. The van der Waals surface area contributed by atoms with E-state index in [2.05, 4.69) is 26.5 Å². The van der Waals surface area contributed by atoms with Gasteiger partial charge in [0.1, 0.15) is 0 Å². The van der Waals surface area contributed by atoms with Crippen molar-refractivity contribution in [2.45, 2.75) is 37.9 Å². The lowest BCUT2D eigenvalue weighted by molar-refractivity contribution is 0.586. The highest BCUT2D eigenvalue weighted by Crippen LogP contribution is 2.38. The third-order valence-electron chi connectivity index (χ3n) is 1.96. The largest absolute Gasteiger partial charge is 0.173 e. The molecule has 0 aromatic heterocycles. The molecule has 0 N–H and O–H groups in total. The summed E-state index contributed by atoms with van der Waals surface area (Å²) in [5.74, 6) is 0.914. The lowest BCUT2D eigenvalue weighted by atomic mass is 10.1. The summed E-state index contributed by atoms with van der Waals surface area (Å²) in [5.41, 5.74) is 0. The molecule has 0 aromatic carbocycles. The van der Waals surface area contributed by atoms with Crippen molar-refractivity contribution in [2.24, 2.45) is 5.92 Å². The smallest absolute Gasteiger partial charge is 0.0104 e. The van der Waals surface area contributed by atoms with Gasteiger partial charge in [0.05, 0.1) is 0 Å². The van der Waals surface area contributed by atoms with E-state index in [0.29, 0.717) is 4.75 Å². The molecule has 1 saturated carbocycles. The maximum Gasteiger partial charge on any atom is 0.0104 e. The summed E-state index contributed by atoms with van der Waals surface area (Å²) in [4.78, 5) is 0. The highest BCUT2D eigenvalue weighted by molar-refractivity contribution is 7.81. The van der Waals surface area contributed by atoms with Crippen molar-refractivity contribution >= 4 is 12.6 Å². The first kappa shape index (κ1) is 6.47. The van der Waals surface area contributed by atoms with Crippen molar-refractivity contribution in [1.82, 2.24) is 0 Å². The van der Waals surface area contributed by atoms with Gasteiger partial charge >= 0.3 is 0 Å². The SMILES string of the molecule is CC1CCC(C)(S)C1. The zero-order chi connectivity index (χ0) is 6.20. The van der Waals surface area contributed by atoms with Crippen molar-refractivity contribution in [3.8, 4) is 0 Å². The van der Waals surface area contributed by atoms with Crippen LogP contribution < -0.4 is 0 Å². The second-order valence-electron chi connectivity index (χ2n) is 3.34. The van der Waals surface area contributed by atoms with Crippen molar-refractivity contribution in [1.29, 1.82) is 0 Å². The molecule has 48 valence electrons. The Morgan fingerprint density at radius 1 is 1.62 bits per heavy atom. The highest BCUT2D eigenvalue weighted by atomic mass is 32.1. The molecule has 1 rings (SSSR count). The molecule has 0 bridgehead atoms. The zero-order valence-corrected chi connectivity index (χ0v) is 6.54. The lowest BCUT2D eigenvalue weighted by Gasteiger charge is -2.13. The van der Waals surface area contributed by atoms with Gasteiger partial charge < -0.3 is 0 Å². The summed E-state index contributed by atoms with van der Waals surface area (Å²) < 4.78 is 0.361. The molecule has 1 heteroatoms. The number of rotatable bonds is 0. The van der Waals surface area contributed by atoms with Gasteiger partial charge in [-0.05, 0) is 25.2 Å². The number of hydrogen-bond donors (Lipinski definition) is 1. The predicted molar refractivity (Wildman–Crippen MR) is 40.4 cm³/mol. The van der Waals surface area contributed by atoms with Crippen LogP contribution >= 0.6 is 12.6 Å². The molecule has 0 aliphatic heterocycles. The Morgan fingerprint density at radius 2 is 2.25 bits per heavy atom. The molecule has 1 aliphatic carbocycles. The van der Waals surface area contributed by atoms with Crippen LogP contribution in [0.4, 0.5) is 0 Å². The summed E-state index contributed by atoms with van der Waals surface area (Å²) in [6.07, 6.45) is 3.98. The fourth-order valence-corrected chi connectivity index (χ4v) is 1.95. The quantitative estimate of drug-likeness (QED) is 0.478. The first-order chi connectivity index (χ1) is 3.60. The standard InChI is InChI=1S/C7H14S/c1-6-3-4-7(2,8)5-6/h6,8H,3-5H2,1-2H3. The Hall–Kier alpha value is 0.350. The van der Waals surface area contributed by atoms with Crippen LogP contribution in [0.25, 0.3) is 0 Å². The minimum atomic E-state index is 0.361. The molecule has 1 fully saturated rings. The molecule has 1 aliphatic rings. The second-order valence-corrected chi connectivity index (χ2v) is 4.42. The van der Waals surface area contributed by atoms with Gasteiger partial charge in [-0.2, -0.15) is 12.6 Å². The Balaban J connectivity index is 2.44. The predicted octanol–water partition coefficient (Wildman–Crippen LogP) is 2.49. The summed E-state index contributed by atoms with van der Waals surface area (Å²) in [7, 11) is 0. The van der Waals surface area contributed by atoms with Crippen LogP contribution in [0.15, 0.2) is 0 Å². The normalized spacial score (nSPS) is 47.6. The third-order valence-corrected chi connectivity index (χ3v) is 2.37. The van der Waals surface area contributed by atoms with E-state index in [0.717, 1.165) is 5.92 Å². The Morgan fingerprint density at radius 3 is 2.38 bits per heavy atom. The average molecular weight is 130 g/mol. The van der Waals surface area contributed by atoms with E-state index >= 15 is 0 Å². The van der Waals surface area contributed by atoms with E-state index in [1.54, 1.807) is 0 Å². The van der Waals surface area contributed by atoms with Gasteiger partial charge in [0.15, 0.2) is 0 Å². The molecular weight excluding hydrogens is 116 g/mol. The molecule has 8 heavy (non-hydrogen) atoms. The van der Waals surface area contributed by atoms with Crippen molar-refractivity contribution in [3.63, 3.8) is 0 Å². The molecule has 0 nitrogen and oxygen atoms in total. The van der Waals surface area contributed by atoms with Crippen LogP contribution in [0.5, 0.6) is 0 Å². The van der Waals surface area contributed by atoms with Crippen molar-refractivity contribution in [2.75, 3.05) is 0 Å². The summed E-state index contributed by atoms with van der Waals surface area (Å²) in [6.45, 7) is 4.54. The molecule has 0 amide bonds.